The molecule has 1 aliphatic heterocycles. The van der Waals surface area contributed by atoms with E-state index in [2.05, 4.69) is 35.3 Å². The van der Waals surface area contributed by atoms with Crippen molar-refractivity contribution in [3.05, 3.63) is 29.8 Å². The summed E-state index contributed by atoms with van der Waals surface area (Å²) in [4.78, 5) is 0. The third-order valence-electron chi connectivity index (χ3n) is 3.43. The van der Waals surface area contributed by atoms with Crippen molar-refractivity contribution < 1.29 is 0 Å². The molecule has 2 nitrogen and oxygen atoms in total. The van der Waals surface area contributed by atoms with Gasteiger partial charge in [-0.25, -0.2) is 0 Å². The lowest BCUT2D eigenvalue weighted by atomic mass is 9.66. The average molecular weight is 220 g/mol. The molecule has 0 atom stereocenters. The van der Waals surface area contributed by atoms with Crippen molar-refractivity contribution in [1.29, 1.82) is 0 Å². The van der Waals surface area contributed by atoms with Gasteiger partial charge in [0.15, 0.2) is 0 Å². The normalized spacial score (nSPS) is 18.0. The minimum atomic E-state index is 0.538. The van der Waals surface area contributed by atoms with Crippen LogP contribution in [0.4, 0.5) is 5.69 Å². The van der Waals surface area contributed by atoms with E-state index in [1.54, 1.807) is 5.56 Å². The number of para-hydroxylation sites is 1. The van der Waals surface area contributed by atoms with Crippen LogP contribution in [0.3, 0.4) is 0 Å². The smallest absolute Gasteiger partial charge is 0.0379 e. The number of rotatable bonds is 0. The Morgan fingerprint density at radius 2 is 1.75 bits per heavy atom. The molecule has 1 fully saturated rings. The Kier molecular flexibility index (Phi) is 4.81. The number of hydrogen-bond acceptors (Lipinski definition) is 2. The lowest BCUT2D eigenvalue weighted by Crippen LogP contribution is -2.35. The highest BCUT2D eigenvalue weighted by Crippen LogP contribution is 2.49. The van der Waals surface area contributed by atoms with Crippen molar-refractivity contribution in [3.63, 3.8) is 0 Å². The van der Waals surface area contributed by atoms with Crippen LogP contribution in [0, 0.1) is 0 Å². The van der Waals surface area contributed by atoms with Gasteiger partial charge in [-0.15, -0.1) is 0 Å². The van der Waals surface area contributed by atoms with Gasteiger partial charge in [0.25, 0.3) is 0 Å². The molecule has 1 spiro atoms. The van der Waals surface area contributed by atoms with Crippen LogP contribution in [-0.2, 0) is 5.41 Å². The lowest BCUT2D eigenvalue weighted by Gasteiger charge is -2.38. The molecular weight excluding hydrogens is 196 g/mol. The summed E-state index contributed by atoms with van der Waals surface area (Å²) in [6.45, 7) is 5.17. The Balaban J connectivity index is 0.000000291. The summed E-state index contributed by atoms with van der Waals surface area (Å²) in [5.74, 6) is 0. The van der Waals surface area contributed by atoms with Gasteiger partial charge in [0.2, 0.25) is 0 Å². The molecule has 0 unspecified atom stereocenters. The van der Waals surface area contributed by atoms with Gasteiger partial charge < -0.3 is 11.1 Å². The van der Waals surface area contributed by atoms with E-state index in [1.807, 2.05) is 13.8 Å². The predicted octanol–water partition coefficient (Wildman–Crippen LogP) is 3.13. The van der Waals surface area contributed by atoms with Gasteiger partial charge >= 0.3 is 0 Å². The van der Waals surface area contributed by atoms with Crippen LogP contribution < -0.4 is 11.1 Å². The van der Waals surface area contributed by atoms with Crippen molar-refractivity contribution in [2.45, 2.75) is 38.5 Å². The maximum absolute atomic E-state index is 4.50. The summed E-state index contributed by atoms with van der Waals surface area (Å²) in [6, 6.07) is 8.76. The third kappa shape index (κ3) is 2.07. The predicted molar refractivity (Wildman–Crippen MR) is 71.9 cm³/mol. The van der Waals surface area contributed by atoms with E-state index in [-0.39, 0.29) is 0 Å². The molecule has 0 saturated heterocycles. The van der Waals surface area contributed by atoms with Gasteiger partial charge in [0, 0.05) is 17.6 Å². The first-order valence-electron chi connectivity index (χ1n) is 6.32. The van der Waals surface area contributed by atoms with E-state index < -0.39 is 0 Å². The summed E-state index contributed by atoms with van der Waals surface area (Å²) >= 11 is 0. The standard InChI is InChI=1S/C11H13N.C2H6.CH5N/c1-2-5-10-9(4-1)11(8-12-10)6-3-7-11;2*1-2/h1-2,4-5,12H,3,6-8H2;1-2H3;2H2,1H3. The first-order valence-corrected chi connectivity index (χ1v) is 6.32. The maximum atomic E-state index is 4.50. The van der Waals surface area contributed by atoms with Gasteiger partial charge in [0.1, 0.15) is 0 Å². The number of nitrogens with two attached hydrogens (primary N) is 1. The van der Waals surface area contributed by atoms with Gasteiger partial charge in [-0.2, -0.15) is 0 Å². The van der Waals surface area contributed by atoms with E-state index >= 15 is 0 Å². The van der Waals surface area contributed by atoms with Crippen LogP contribution in [0.25, 0.3) is 0 Å². The van der Waals surface area contributed by atoms with E-state index in [0.717, 1.165) is 0 Å². The van der Waals surface area contributed by atoms with Crippen molar-refractivity contribution in [2.24, 2.45) is 5.73 Å². The molecule has 16 heavy (non-hydrogen) atoms. The molecule has 0 radical (unpaired) electrons. The molecule has 1 aromatic carbocycles. The van der Waals surface area contributed by atoms with Gasteiger partial charge in [-0.1, -0.05) is 38.5 Å². The summed E-state index contributed by atoms with van der Waals surface area (Å²) in [5, 5.41) is 3.49. The molecule has 0 aromatic heterocycles. The Morgan fingerprint density at radius 3 is 2.31 bits per heavy atom. The van der Waals surface area contributed by atoms with Crippen molar-refractivity contribution in [2.75, 3.05) is 18.9 Å². The van der Waals surface area contributed by atoms with Crippen LogP contribution in [-0.4, -0.2) is 13.6 Å². The molecule has 2 heteroatoms. The second kappa shape index (κ2) is 5.90. The Labute approximate surface area is 99.2 Å². The minimum Gasteiger partial charge on any atom is -0.384 e. The summed E-state index contributed by atoms with van der Waals surface area (Å²) in [6.07, 6.45) is 4.18. The Morgan fingerprint density at radius 1 is 1.12 bits per heavy atom. The monoisotopic (exact) mass is 220 g/mol. The zero-order valence-corrected chi connectivity index (χ0v) is 10.7. The molecular formula is C14H24N2. The molecule has 0 amide bonds. The molecule has 1 heterocycles. The minimum absolute atomic E-state index is 0.538. The highest BCUT2D eigenvalue weighted by atomic mass is 14.9. The van der Waals surface area contributed by atoms with Crippen molar-refractivity contribution >= 4 is 5.69 Å². The molecule has 1 aliphatic carbocycles. The van der Waals surface area contributed by atoms with E-state index in [9.17, 15) is 0 Å². The highest BCUT2D eigenvalue weighted by Gasteiger charge is 2.43. The Hall–Kier alpha value is -1.02. The van der Waals surface area contributed by atoms with Gasteiger partial charge in [0.05, 0.1) is 0 Å². The lowest BCUT2D eigenvalue weighted by molar-refractivity contribution is 0.272. The molecule has 3 N–H and O–H groups in total. The largest absolute Gasteiger partial charge is 0.384 e. The Bertz CT molecular complexity index is 316. The van der Waals surface area contributed by atoms with Crippen LogP contribution in [0.5, 0.6) is 0 Å². The molecule has 3 rings (SSSR count). The van der Waals surface area contributed by atoms with Crippen molar-refractivity contribution in [3.8, 4) is 0 Å². The average Bonchev–Trinajstić information content (AvgIpc) is 2.73. The fraction of sp³-hybridized carbons (Fsp3) is 0.571. The number of benzene rings is 1. The molecule has 90 valence electrons. The molecule has 2 aliphatic rings. The van der Waals surface area contributed by atoms with Crippen LogP contribution in [0.15, 0.2) is 24.3 Å². The highest BCUT2D eigenvalue weighted by molar-refractivity contribution is 5.61. The number of fused-ring (bicyclic) bond motifs is 2. The van der Waals surface area contributed by atoms with Crippen LogP contribution in [0.2, 0.25) is 0 Å². The fourth-order valence-electron chi connectivity index (χ4n) is 2.51. The summed E-state index contributed by atoms with van der Waals surface area (Å²) in [5.41, 5.74) is 7.98. The quantitative estimate of drug-likeness (QED) is 0.705. The fourth-order valence-corrected chi connectivity index (χ4v) is 2.51. The summed E-state index contributed by atoms with van der Waals surface area (Å²) in [7, 11) is 1.50. The SMILES string of the molecule is CC.CN.c1ccc2c(c1)NCC21CCC1. The van der Waals surface area contributed by atoms with E-state index in [4.69, 9.17) is 0 Å². The van der Waals surface area contributed by atoms with Crippen molar-refractivity contribution in [1.82, 2.24) is 0 Å². The number of anilines is 1. The van der Waals surface area contributed by atoms with E-state index in [1.165, 1.54) is 38.5 Å². The van der Waals surface area contributed by atoms with Gasteiger partial charge in [-0.05, 0) is 31.5 Å². The van der Waals surface area contributed by atoms with Crippen LogP contribution in [0.1, 0.15) is 38.7 Å². The summed E-state index contributed by atoms with van der Waals surface area (Å²) < 4.78 is 0. The molecule has 0 bridgehead atoms. The third-order valence-corrected chi connectivity index (χ3v) is 3.43. The zero-order chi connectivity index (χ0) is 12.0. The van der Waals surface area contributed by atoms with E-state index in [0.29, 0.717) is 5.41 Å². The zero-order valence-electron chi connectivity index (χ0n) is 10.7. The van der Waals surface area contributed by atoms with Crippen LogP contribution >= 0.6 is 0 Å². The van der Waals surface area contributed by atoms with Gasteiger partial charge in [-0.3, -0.25) is 0 Å². The molecule has 1 saturated carbocycles. The first-order chi connectivity index (χ1) is 7.91. The number of hydrogen-bond donors (Lipinski definition) is 2. The maximum Gasteiger partial charge on any atom is 0.0379 e. The second-order valence-electron chi connectivity index (χ2n) is 4.03. The first kappa shape index (κ1) is 13.0. The topological polar surface area (TPSA) is 38.0 Å². The second-order valence-corrected chi connectivity index (χ2v) is 4.03. The number of nitrogens with one attached hydrogen (secondary N) is 1. The molecule has 1 aromatic rings.